The summed E-state index contributed by atoms with van der Waals surface area (Å²) in [5, 5.41) is 7.55. The van der Waals surface area contributed by atoms with Gasteiger partial charge in [-0.1, -0.05) is 0 Å². The van der Waals surface area contributed by atoms with Gasteiger partial charge >= 0.3 is 0 Å². The summed E-state index contributed by atoms with van der Waals surface area (Å²) in [6, 6.07) is 0. The summed E-state index contributed by atoms with van der Waals surface area (Å²) in [5.41, 5.74) is 2.93. The van der Waals surface area contributed by atoms with Crippen LogP contribution in [0.25, 0.3) is 0 Å². The standard InChI is InChI=1S/C4H10N4S/c1-7-4(3-9)5-8(2)6-7/h6,9H,3H2,1-2H3. The van der Waals surface area contributed by atoms with Crippen molar-refractivity contribution in [1.82, 2.24) is 15.7 Å². The first-order valence-electron chi connectivity index (χ1n) is 2.66. The first-order valence-corrected chi connectivity index (χ1v) is 3.29. The molecule has 0 saturated heterocycles. The van der Waals surface area contributed by atoms with Crippen molar-refractivity contribution in [3.8, 4) is 0 Å². The van der Waals surface area contributed by atoms with Crippen LogP contribution in [-0.2, 0) is 0 Å². The van der Waals surface area contributed by atoms with E-state index in [0.717, 1.165) is 5.84 Å². The lowest BCUT2D eigenvalue weighted by atomic mass is 10.7. The van der Waals surface area contributed by atoms with E-state index in [4.69, 9.17) is 0 Å². The van der Waals surface area contributed by atoms with E-state index in [-0.39, 0.29) is 0 Å². The maximum absolute atomic E-state index is 4.08. The molecule has 0 radical (unpaired) electrons. The van der Waals surface area contributed by atoms with E-state index in [1.165, 1.54) is 0 Å². The second kappa shape index (κ2) is 2.45. The van der Waals surface area contributed by atoms with Crippen LogP contribution in [0.1, 0.15) is 0 Å². The van der Waals surface area contributed by atoms with Gasteiger partial charge in [-0.25, -0.2) is 5.12 Å². The molecular weight excluding hydrogens is 136 g/mol. The Labute approximate surface area is 59.9 Å². The third kappa shape index (κ3) is 1.28. The van der Waals surface area contributed by atoms with Gasteiger partial charge in [0.05, 0.1) is 5.75 Å². The third-order valence-corrected chi connectivity index (χ3v) is 1.37. The Morgan fingerprint density at radius 2 is 2.33 bits per heavy atom. The summed E-state index contributed by atoms with van der Waals surface area (Å²) in [4.78, 5) is 0. The highest BCUT2D eigenvalue weighted by atomic mass is 32.1. The normalized spacial score (nSPS) is 18.8. The van der Waals surface area contributed by atoms with Crippen LogP contribution in [0.5, 0.6) is 0 Å². The van der Waals surface area contributed by atoms with Crippen LogP contribution in [0.4, 0.5) is 0 Å². The highest BCUT2D eigenvalue weighted by molar-refractivity contribution is 7.81. The fourth-order valence-corrected chi connectivity index (χ4v) is 0.950. The minimum Gasteiger partial charge on any atom is -0.277 e. The molecule has 0 bridgehead atoms. The quantitative estimate of drug-likeness (QED) is 0.490. The first-order chi connectivity index (χ1) is 4.24. The zero-order valence-electron chi connectivity index (χ0n) is 5.50. The third-order valence-electron chi connectivity index (χ3n) is 1.09. The van der Waals surface area contributed by atoms with Gasteiger partial charge in [0, 0.05) is 14.1 Å². The summed E-state index contributed by atoms with van der Waals surface area (Å²) in [5.74, 6) is 1.59. The Morgan fingerprint density at radius 1 is 1.67 bits per heavy atom. The topological polar surface area (TPSA) is 30.9 Å². The lowest BCUT2D eigenvalue weighted by molar-refractivity contribution is 0.166. The zero-order chi connectivity index (χ0) is 6.85. The number of rotatable bonds is 1. The van der Waals surface area contributed by atoms with Crippen molar-refractivity contribution < 1.29 is 0 Å². The number of thiol groups is 1. The molecule has 1 heterocycles. The largest absolute Gasteiger partial charge is 0.277 e. The summed E-state index contributed by atoms with van der Waals surface area (Å²) >= 11 is 4.08. The van der Waals surface area contributed by atoms with Gasteiger partial charge in [-0.15, -0.1) is 10.6 Å². The summed E-state index contributed by atoms with van der Waals surface area (Å²) in [6.07, 6.45) is 0. The van der Waals surface area contributed by atoms with Crippen molar-refractivity contribution >= 4 is 18.5 Å². The highest BCUT2D eigenvalue weighted by Crippen LogP contribution is 1.97. The molecule has 0 atom stereocenters. The Kier molecular flexibility index (Phi) is 1.82. The van der Waals surface area contributed by atoms with E-state index in [2.05, 4.69) is 23.3 Å². The lowest BCUT2D eigenvalue weighted by Gasteiger charge is -2.12. The Balaban J connectivity index is 2.57. The Hall–Kier alpha value is -0.420. The molecule has 5 heteroatoms. The summed E-state index contributed by atoms with van der Waals surface area (Å²) in [6.45, 7) is 0. The molecule has 9 heavy (non-hydrogen) atoms. The lowest BCUT2D eigenvalue weighted by Crippen LogP contribution is -2.38. The van der Waals surface area contributed by atoms with Gasteiger partial charge in [-0.05, 0) is 0 Å². The molecule has 1 rings (SSSR count). The number of hydrazone groups is 1. The minimum atomic E-state index is 0.661. The highest BCUT2D eigenvalue weighted by Gasteiger charge is 2.12. The second-order valence-electron chi connectivity index (χ2n) is 1.86. The molecule has 1 N–H and O–H groups in total. The number of nitrogens with zero attached hydrogens (tertiary/aromatic N) is 3. The van der Waals surface area contributed by atoms with Crippen LogP contribution in [0.3, 0.4) is 0 Å². The molecule has 52 valence electrons. The monoisotopic (exact) mass is 146 g/mol. The Morgan fingerprint density at radius 3 is 2.56 bits per heavy atom. The second-order valence-corrected chi connectivity index (χ2v) is 2.17. The van der Waals surface area contributed by atoms with Gasteiger partial charge in [-0.2, -0.15) is 12.6 Å². The van der Waals surface area contributed by atoms with E-state index in [9.17, 15) is 0 Å². The molecule has 0 saturated carbocycles. The SMILES string of the molecule is CN1N=C(CS)N(C)N1. The van der Waals surface area contributed by atoms with Crippen LogP contribution in [0.2, 0.25) is 0 Å². The molecule has 0 spiro atoms. The summed E-state index contributed by atoms with van der Waals surface area (Å²) < 4.78 is 0. The van der Waals surface area contributed by atoms with Gasteiger partial charge in [0.2, 0.25) is 0 Å². The molecule has 0 unspecified atom stereocenters. The molecule has 4 nitrogen and oxygen atoms in total. The van der Waals surface area contributed by atoms with Crippen LogP contribution in [0, 0.1) is 0 Å². The molecule has 1 aliphatic heterocycles. The van der Waals surface area contributed by atoms with Crippen LogP contribution < -0.4 is 5.53 Å². The van der Waals surface area contributed by atoms with E-state index in [0.29, 0.717) is 5.75 Å². The predicted molar refractivity (Wildman–Crippen MR) is 39.9 cm³/mol. The van der Waals surface area contributed by atoms with Crippen molar-refractivity contribution in [1.29, 1.82) is 0 Å². The maximum atomic E-state index is 4.08. The number of nitrogens with one attached hydrogen (secondary N) is 1. The predicted octanol–water partition coefficient (Wildman–Crippen LogP) is -0.473. The minimum absolute atomic E-state index is 0.661. The molecule has 1 aliphatic rings. The van der Waals surface area contributed by atoms with Crippen LogP contribution in [-0.4, -0.2) is 35.8 Å². The molecule has 0 aromatic rings. The van der Waals surface area contributed by atoms with Crippen LogP contribution in [0.15, 0.2) is 5.10 Å². The average molecular weight is 146 g/mol. The number of hydrogen-bond acceptors (Lipinski definition) is 5. The zero-order valence-corrected chi connectivity index (χ0v) is 6.39. The Bertz CT molecular complexity index is 135. The number of amidine groups is 1. The number of hydrogen-bond donors (Lipinski definition) is 2. The van der Waals surface area contributed by atoms with E-state index >= 15 is 0 Å². The van der Waals surface area contributed by atoms with E-state index in [1.54, 1.807) is 5.12 Å². The van der Waals surface area contributed by atoms with E-state index in [1.807, 2.05) is 19.1 Å². The smallest absolute Gasteiger partial charge is 0.151 e. The fraction of sp³-hybridized carbons (Fsp3) is 0.750. The maximum Gasteiger partial charge on any atom is 0.151 e. The molecular formula is C4H10N4S. The molecule has 0 aromatic heterocycles. The number of hydrazine groups is 2. The van der Waals surface area contributed by atoms with Gasteiger partial charge < -0.3 is 0 Å². The molecule has 0 fully saturated rings. The molecule has 0 aromatic carbocycles. The van der Waals surface area contributed by atoms with Crippen molar-refractivity contribution in [3.05, 3.63) is 0 Å². The van der Waals surface area contributed by atoms with Crippen molar-refractivity contribution in [3.63, 3.8) is 0 Å². The summed E-state index contributed by atoms with van der Waals surface area (Å²) in [7, 11) is 3.74. The first kappa shape index (κ1) is 6.70. The van der Waals surface area contributed by atoms with Crippen molar-refractivity contribution in [2.75, 3.05) is 19.8 Å². The van der Waals surface area contributed by atoms with Gasteiger partial charge in [0.25, 0.3) is 0 Å². The average Bonchev–Trinajstić information content (AvgIpc) is 2.10. The van der Waals surface area contributed by atoms with Crippen LogP contribution >= 0.6 is 12.6 Å². The van der Waals surface area contributed by atoms with Crippen molar-refractivity contribution in [2.45, 2.75) is 0 Å². The van der Waals surface area contributed by atoms with Gasteiger partial charge in [0.15, 0.2) is 5.84 Å². The van der Waals surface area contributed by atoms with Gasteiger partial charge in [0.1, 0.15) is 0 Å². The fourth-order valence-electron chi connectivity index (χ4n) is 0.675. The molecule has 0 aliphatic carbocycles. The molecule has 0 amide bonds. The van der Waals surface area contributed by atoms with Crippen molar-refractivity contribution in [2.24, 2.45) is 5.10 Å². The van der Waals surface area contributed by atoms with E-state index < -0.39 is 0 Å². The van der Waals surface area contributed by atoms with Gasteiger partial charge in [-0.3, -0.25) is 5.01 Å².